The van der Waals surface area contributed by atoms with Crippen LogP contribution in [-0.2, 0) is 0 Å². The van der Waals surface area contributed by atoms with Crippen molar-refractivity contribution in [1.82, 2.24) is 23.9 Å². The summed E-state index contributed by atoms with van der Waals surface area (Å²) >= 11 is 0. The molecule has 0 aliphatic carbocycles. The van der Waals surface area contributed by atoms with Crippen molar-refractivity contribution >= 4 is 49.3 Å². The summed E-state index contributed by atoms with van der Waals surface area (Å²) in [5.41, 5.74) is 10.1. The zero-order chi connectivity index (χ0) is 27.6. The number of aromatic nitrogens is 5. The quantitative estimate of drug-likeness (QED) is 0.226. The van der Waals surface area contributed by atoms with E-state index in [4.69, 9.17) is 15.0 Å². The molecule has 0 fully saturated rings. The Balaban J connectivity index is 1.48. The van der Waals surface area contributed by atoms with Gasteiger partial charge >= 0.3 is 0 Å². The van der Waals surface area contributed by atoms with Gasteiger partial charge < -0.3 is 4.57 Å². The molecule has 0 amide bonds. The predicted molar refractivity (Wildman–Crippen MR) is 171 cm³/mol. The molecule has 0 N–H and O–H groups in total. The summed E-state index contributed by atoms with van der Waals surface area (Å²) in [5.74, 6) is 0. The molecule has 0 atom stereocenters. The molecule has 0 aliphatic heterocycles. The molecule has 0 spiro atoms. The first-order chi connectivity index (χ1) is 20.8. The summed E-state index contributed by atoms with van der Waals surface area (Å²) in [6.07, 6.45) is 5.84. The maximum atomic E-state index is 5.18. The molecule has 9 rings (SSSR count). The van der Waals surface area contributed by atoms with Crippen molar-refractivity contribution in [3.05, 3.63) is 140 Å². The first kappa shape index (κ1) is 22.9. The van der Waals surface area contributed by atoms with Crippen molar-refractivity contribution in [2.75, 3.05) is 0 Å². The third-order valence-corrected chi connectivity index (χ3v) is 8.19. The lowest BCUT2D eigenvalue weighted by Crippen LogP contribution is -1.98. The number of hydrogen-bond acceptors (Lipinski definition) is 3. The van der Waals surface area contributed by atoms with Crippen molar-refractivity contribution in [2.45, 2.75) is 0 Å². The lowest BCUT2D eigenvalue weighted by molar-refractivity contribution is 1.15. The molecule has 5 heteroatoms. The highest BCUT2D eigenvalue weighted by Crippen LogP contribution is 2.40. The van der Waals surface area contributed by atoms with Gasteiger partial charge in [-0.25, -0.2) is 4.98 Å². The van der Waals surface area contributed by atoms with E-state index in [0.717, 1.165) is 55.9 Å². The van der Waals surface area contributed by atoms with Crippen LogP contribution in [0, 0.1) is 0 Å². The molecule has 196 valence electrons. The van der Waals surface area contributed by atoms with Crippen molar-refractivity contribution in [3.8, 4) is 28.2 Å². The van der Waals surface area contributed by atoms with Crippen LogP contribution >= 0.6 is 0 Å². The third-order valence-electron chi connectivity index (χ3n) is 8.19. The van der Waals surface area contributed by atoms with E-state index in [1.54, 1.807) is 0 Å². The van der Waals surface area contributed by atoms with Gasteiger partial charge in [0.05, 0.1) is 33.5 Å². The van der Waals surface area contributed by atoms with Crippen LogP contribution in [0.25, 0.3) is 77.5 Å². The molecule has 42 heavy (non-hydrogen) atoms. The molecule has 0 saturated carbocycles. The number of pyridine rings is 3. The summed E-state index contributed by atoms with van der Waals surface area (Å²) in [4.78, 5) is 14.6. The molecular weight excluding hydrogens is 514 g/mol. The van der Waals surface area contributed by atoms with E-state index < -0.39 is 0 Å². The Hall–Kier alpha value is -5.81. The lowest BCUT2D eigenvalue weighted by Gasteiger charge is -2.13. The Labute approximate surface area is 241 Å². The minimum absolute atomic E-state index is 0.916. The second-order valence-electron chi connectivity index (χ2n) is 10.6. The number of benzene rings is 4. The minimum atomic E-state index is 0.916. The topological polar surface area (TPSA) is 48.0 Å². The van der Waals surface area contributed by atoms with Crippen LogP contribution in [0.3, 0.4) is 0 Å². The van der Waals surface area contributed by atoms with Crippen LogP contribution in [0.1, 0.15) is 0 Å². The number of fused-ring (bicyclic) bond motifs is 9. The van der Waals surface area contributed by atoms with Gasteiger partial charge in [-0.15, -0.1) is 0 Å². The standard InChI is InChI=1S/C37H23N5/c1-2-10-28-24(9-1)15-16-34-35(28)29-17-20-41-33-14-4-3-13-32(33)40-37(41)36(29)42(34)27-22-25(30-11-5-7-18-38-30)21-26(23-27)31-12-6-8-19-39-31/h1-23H. The van der Waals surface area contributed by atoms with Crippen LogP contribution in [-0.4, -0.2) is 23.9 Å². The normalized spacial score (nSPS) is 11.8. The van der Waals surface area contributed by atoms with Crippen LogP contribution in [0.2, 0.25) is 0 Å². The second-order valence-corrected chi connectivity index (χ2v) is 10.6. The lowest BCUT2D eigenvalue weighted by atomic mass is 10.0. The molecule has 4 aromatic carbocycles. The zero-order valence-corrected chi connectivity index (χ0v) is 22.5. The van der Waals surface area contributed by atoms with Gasteiger partial charge in [-0.3, -0.25) is 14.4 Å². The average Bonchev–Trinajstić information content (AvgIpc) is 3.61. The van der Waals surface area contributed by atoms with Crippen molar-refractivity contribution in [3.63, 3.8) is 0 Å². The fourth-order valence-electron chi connectivity index (χ4n) is 6.35. The van der Waals surface area contributed by atoms with Gasteiger partial charge in [-0.1, -0.05) is 54.6 Å². The van der Waals surface area contributed by atoms with E-state index in [1.165, 1.54) is 21.5 Å². The number of nitrogens with zero attached hydrogens (tertiary/aromatic N) is 5. The van der Waals surface area contributed by atoms with Crippen molar-refractivity contribution in [1.29, 1.82) is 0 Å². The average molecular weight is 538 g/mol. The van der Waals surface area contributed by atoms with Crippen LogP contribution in [0.5, 0.6) is 0 Å². The van der Waals surface area contributed by atoms with Gasteiger partial charge in [0.15, 0.2) is 5.65 Å². The van der Waals surface area contributed by atoms with Gasteiger partial charge in [-0.2, -0.15) is 0 Å². The number of rotatable bonds is 3. The number of para-hydroxylation sites is 2. The highest BCUT2D eigenvalue weighted by molar-refractivity contribution is 6.23. The van der Waals surface area contributed by atoms with Crippen molar-refractivity contribution < 1.29 is 0 Å². The third kappa shape index (κ3) is 3.34. The van der Waals surface area contributed by atoms with Gasteiger partial charge in [-0.05, 0) is 77.5 Å². The van der Waals surface area contributed by atoms with Crippen LogP contribution in [0.15, 0.2) is 140 Å². The summed E-state index contributed by atoms with van der Waals surface area (Å²) in [6.45, 7) is 0. The molecule has 0 radical (unpaired) electrons. The van der Waals surface area contributed by atoms with E-state index in [0.29, 0.717) is 0 Å². The fourth-order valence-corrected chi connectivity index (χ4v) is 6.35. The maximum absolute atomic E-state index is 5.18. The molecule has 0 saturated heterocycles. The number of hydrogen-bond donors (Lipinski definition) is 0. The molecule has 0 bridgehead atoms. The van der Waals surface area contributed by atoms with Crippen LogP contribution in [0.4, 0.5) is 0 Å². The fraction of sp³-hybridized carbons (Fsp3) is 0. The van der Waals surface area contributed by atoms with E-state index in [1.807, 2.05) is 42.7 Å². The summed E-state index contributed by atoms with van der Waals surface area (Å²) in [7, 11) is 0. The Morgan fingerprint density at radius 2 is 1.26 bits per heavy atom. The van der Waals surface area contributed by atoms with Gasteiger partial charge in [0.2, 0.25) is 0 Å². The largest absolute Gasteiger partial charge is 0.306 e. The van der Waals surface area contributed by atoms with Gasteiger partial charge in [0.25, 0.3) is 0 Å². The highest BCUT2D eigenvalue weighted by atomic mass is 15.1. The van der Waals surface area contributed by atoms with E-state index in [9.17, 15) is 0 Å². The monoisotopic (exact) mass is 537 g/mol. The van der Waals surface area contributed by atoms with Gasteiger partial charge in [0.1, 0.15) is 0 Å². The van der Waals surface area contributed by atoms with E-state index >= 15 is 0 Å². The molecule has 5 nitrogen and oxygen atoms in total. The SMILES string of the molecule is c1ccc(-c2cc(-c3ccccn3)cc(-n3c4ccc5ccccc5c4c4ccn5c6ccccc6nc5c43)c2)nc1. The molecule has 9 aromatic rings. The van der Waals surface area contributed by atoms with Crippen LogP contribution < -0.4 is 0 Å². The smallest absolute Gasteiger partial charge is 0.162 e. The molecule has 0 aliphatic rings. The van der Waals surface area contributed by atoms with E-state index in [-0.39, 0.29) is 0 Å². The molecule has 0 unspecified atom stereocenters. The second kappa shape index (κ2) is 8.85. The maximum Gasteiger partial charge on any atom is 0.162 e. The Bertz CT molecular complexity index is 2400. The Morgan fingerprint density at radius 1 is 0.548 bits per heavy atom. The molecular formula is C37H23N5. The summed E-state index contributed by atoms with van der Waals surface area (Å²) < 4.78 is 4.58. The van der Waals surface area contributed by atoms with Gasteiger partial charge in [0, 0.05) is 46.2 Å². The first-order valence-corrected chi connectivity index (χ1v) is 14.0. The predicted octanol–water partition coefficient (Wildman–Crippen LogP) is 8.86. The zero-order valence-electron chi connectivity index (χ0n) is 22.5. The summed E-state index contributed by atoms with van der Waals surface area (Å²) in [5, 5.41) is 4.84. The Morgan fingerprint density at radius 3 is 2.02 bits per heavy atom. The van der Waals surface area contributed by atoms with Crippen molar-refractivity contribution in [2.24, 2.45) is 0 Å². The molecule has 5 heterocycles. The highest BCUT2D eigenvalue weighted by Gasteiger charge is 2.20. The number of imidazole rings is 1. The first-order valence-electron chi connectivity index (χ1n) is 14.0. The van der Waals surface area contributed by atoms with E-state index in [2.05, 4.69) is 106 Å². The molecule has 5 aromatic heterocycles. The summed E-state index contributed by atoms with van der Waals surface area (Å²) in [6, 6.07) is 42.4. The Kier molecular flexibility index (Phi) is 4.83. The minimum Gasteiger partial charge on any atom is -0.306 e.